The Balaban J connectivity index is 1.81. The van der Waals surface area contributed by atoms with Crippen LogP contribution in [0.1, 0.15) is 18.4 Å². The number of hydrogen-bond acceptors (Lipinski definition) is 4. The normalized spacial score (nSPS) is 17.0. The zero-order valence-electron chi connectivity index (χ0n) is 11.6. The van der Waals surface area contributed by atoms with Crippen LogP contribution < -0.4 is 11.1 Å². The summed E-state index contributed by atoms with van der Waals surface area (Å²) >= 11 is 0. The number of piperidine rings is 1. The molecule has 21 heavy (non-hydrogen) atoms. The molecule has 0 aromatic heterocycles. The molecule has 1 aromatic carbocycles. The van der Waals surface area contributed by atoms with E-state index in [1.165, 1.54) is 0 Å². The lowest BCUT2D eigenvalue weighted by molar-refractivity contribution is -0.119. The number of amides is 1. The van der Waals surface area contributed by atoms with E-state index in [-0.39, 0.29) is 18.5 Å². The summed E-state index contributed by atoms with van der Waals surface area (Å²) in [6.07, 6.45) is 1.69. The van der Waals surface area contributed by atoms with E-state index in [4.69, 9.17) is 10.8 Å². The molecule has 5 nitrogen and oxygen atoms in total. The number of carbonyl (C=O) groups excluding carboxylic acids is 1. The molecule has 1 amide bonds. The van der Waals surface area contributed by atoms with E-state index >= 15 is 0 Å². The van der Waals surface area contributed by atoms with Gasteiger partial charge >= 0.3 is 0 Å². The van der Waals surface area contributed by atoms with E-state index < -0.39 is 17.4 Å². The number of benzene rings is 1. The Kier molecular flexibility index (Phi) is 5.08. The fraction of sp³-hybridized carbons (Fsp3) is 0.500. The van der Waals surface area contributed by atoms with E-state index in [1.54, 1.807) is 0 Å². The first-order valence-electron chi connectivity index (χ1n) is 6.86. The Morgan fingerprint density at radius 3 is 2.43 bits per heavy atom. The van der Waals surface area contributed by atoms with Gasteiger partial charge in [0.15, 0.2) is 17.4 Å². The van der Waals surface area contributed by atoms with E-state index in [9.17, 15) is 13.6 Å². The van der Waals surface area contributed by atoms with Crippen molar-refractivity contribution in [2.45, 2.75) is 25.4 Å². The van der Waals surface area contributed by atoms with E-state index in [0.29, 0.717) is 12.1 Å². The van der Waals surface area contributed by atoms with Crippen molar-refractivity contribution in [3.8, 4) is 5.75 Å². The zero-order valence-corrected chi connectivity index (χ0v) is 11.6. The molecule has 0 unspecified atom stereocenters. The third kappa shape index (κ3) is 4.37. The number of aromatic hydroxyl groups is 1. The topological polar surface area (TPSA) is 78.6 Å². The van der Waals surface area contributed by atoms with Gasteiger partial charge in [-0.2, -0.15) is 0 Å². The molecule has 4 N–H and O–H groups in total. The van der Waals surface area contributed by atoms with Crippen LogP contribution in [0.25, 0.3) is 0 Å². The highest BCUT2D eigenvalue weighted by Crippen LogP contribution is 2.21. The van der Waals surface area contributed by atoms with E-state index in [2.05, 4.69) is 5.32 Å². The summed E-state index contributed by atoms with van der Waals surface area (Å²) in [7, 11) is 0. The maximum absolute atomic E-state index is 13.2. The van der Waals surface area contributed by atoms with Gasteiger partial charge in [0.25, 0.3) is 0 Å². The van der Waals surface area contributed by atoms with E-state index in [0.717, 1.165) is 38.1 Å². The highest BCUT2D eigenvalue weighted by atomic mass is 19.1. The van der Waals surface area contributed by atoms with Crippen molar-refractivity contribution >= 4 is 5.91 Å². The van der Waals surface area contributed by atoms with Gasteiger partial charge in [0.05, 0.1) is 6.54 Å². The summed E-state index contributed by atoms with van der Waals surface area (Å²) in [6.45, 7) is 2.12. The first-order valence-corrected chi connectivity index (χ1v) is 6.86. The van der Waals surface area contributed by atoms with Crippen LogP contribution >= 0.6 is 0 Å². The summed E-state index contributed by atoms with van der Waals surface area (Å²) in [5.74, 6) is -3.19. The van der Waals surface area contributed by atoms with Gasteiger partial charge in [0.2, 0.25) is 5.91 Å². The summed E-state index contributed by atoms with van der Waals surface area (Å²) in [6, 6.07) is 2.47. The highest BCUT2D eigenvalue weighted by Gasteiger charge is 2.20. The molecule has 1 aromatic rings. The van der Waals surface area contributed by atoms with Gasteiger partial charge in [-0.25, -0.2) is 8.78 Å². The molecule has 0 saturated carbocycles. The number of halogens is 2. The van der Waals surface area contributed by atoms with Crippen LogP contribution in [0.4, 0.5) is 8.78 Å². The molecule has 1 saturated heterocycles. The second kappa shape index (κ2) is 6.82. The number of likely N-dealkylation sites (tertiary alicyclic amines) is 1. The first kappa shape index (κ1) is 15.7. The fourth-order valence-electron chi connectivity index (χ4n) is 2.50. The smallest absolute Gasteiger partial charge is 0.231 e. The molecular formula is C14H19F2N3O2. The third-order valence-electron chi connectivity index (χ3n) is 3.64. The first-order chi connectivity index (χ1) is 9.95. The monoisotopic (exact) mass is 299 g/mol. The van der Waals surface area contributed by atoms with Gasteiger partial charge in [-0.15, -0.1) is 0 Å². The van der Waals surface area contributed by atoms with Gasteiger partial charge < -0.3 is 16.2 Å². The van der Waals surface area contributed by atoms with Crippen molar-refractivity contribution in [1.82, 2.24) is 10.2 Å². The fourth-order valence-corrected chi connectivity index (χ4v) is 2.50. The molecule has 0 radical (unpaired) electrons. The SMILES string of the molecule is NC(=O)CN1CCC(NCc2cc(F)c(O)c(F)c2)CC1. The number of rotatable bonds is 5. The van der Waals surface area contributed by atoms with Crippen molar-refractivity contribution in [2.24, 2.45) is 5.73 Å². The lowest BCUT2D eigenvalue weighted by atomic mass is 10.0. The summed E-state index contributed by atoms with van der Waals surface area (Å²) < 4.78 is 26.4. The molecule has 0 spiro atoms. The number of nitrogens with two attached hydrogens (primary N) is 1. The van der Waals surface area contributed by atoms with Gasteiger partial charge in [0.1, 0.15) is 0 Å². The predicted molar refractivity (Wildman–Crippen MR) is 73.5 cm³/mol. The third-order valence-corrected chi connectivity index (χ3v) is 3.64. The Hall–Kier alpha value is -1.73. The van der Waals surface area contributed by atoms with Crippen molar-refractivity contribution in [1.29, 1.82) is 0 Å². The molecule has 116 valence electrons. The predicted octanol–water partition coefficient (Wildman–Crippen LogP) is 0.710. The summed E-state index contributed by atoms with van der Waals surface area (Å²) in [5.41, 5.74) is 5.59. The summed E-state index contributed by atoms with van der Waals surface area (Å²) in [5, 5.41) is 12.3. The number of hydrogen-bond donors (Lipinski definition) is 3. The van der Waals surface area contributed by atoms with Crippen molar-refractivity contribution in [3.05, 3.63) is 29.3 Å². The van der Waals surface area contributed by atoms with Crippen LogP contribution in [-0.4, -0.2) is 41.6 Å². The molecule has 0 bridgehead atoms. The van der Waals surface area contributed by atoms with Crippen molar-refractivity contribution in [3.63, 3.8) is 0 Å². The molecule has 0 atom stereocenters. The Labute approximate surface area is 121 Å². The van der Waals surface area contributed by atoms with Gasteiger partial charge in [-0.3, -0.25) is 9.69 Å². The minimum absolute atomic E-state index is 0.231. The molecule has 1 aliphatic rings. The number of primary amides is 1. The van der Waals surface area contributed by atoms with Crippen molar-refractivity contribution in [2.75, 3.05) is 19.6 Å². The Morgan fingerprint density at radius 2 is 1.90 bits per heavy atom. The second-order valence-corrected chi connectivity index (χ2v) is 5.31. The van der Waals surface area contributed by atoms with E-state index in [1.807, 2.05) is 4.90 Å². The average Bonchev–Trinajstić information content (AvgIpc) is 2.43. The van der Waals surface area contributed by atoms with Gasteiger partial charge in [-0.05, 0) is 30.5 Å². The number of nitrogens with one attached hydrogen (secondary N) is 1. The molecule has 1 aliphatic heterocycles. The molecular weight excluding hydrogens is 280 g/mol. The standard InChI is InChI=1S/C14H19F2N3O2/c15-11-5-9(6-12(16)14(11)21)7-18-10-1-3-19(4-2-10)8-13(17)20/h5-6,10,18,21H,1-4,7-8H2,(H2,17,20). The minimum atomic E-state index is -0.955. The molecule has 7 heteroatoms. The van der Waals surface area contributed by atoms with Crippen LogP contribution in [0.3, 0.4) is 0 Å². The number of phenolic OH excluding ortho intramolecular Hbond substituents is 1. The second-order valence-electron chi connectivity index (χ2n) is 5.31. The summed E-state index contributed by atoms with van der Waals surface area (Å²) in [4.78, 5) is 12.8. The van der Waals surface area contributed by atoms with Crippen LogP contribution in [0.2, 0.25) is 0 Å². The van der Waals surface area contributed by atoms with Crippen LogP contribution in [0.15, 0.2) is 12.1 Å². The molecule has 1 fully saturated rings. The van der Waals surface area contributed by atoms with Crippen LogP contribution in [0.5, 0.6) is 5.75 Å². The largest absolute Gasteiger partial charge is 0.503 e. The van der Waals surface area contributed by atoms with Crippen LogP contribution in [0, 0.1) is 11.6 Å². The Morgan fingerprint density at radius 1 is 1.33 bits per heavy atom. The van der Waals surface area contributed by atoms with Gasteiger partial charge in [0, 0.05) is 25.7 Å². The molecule has 0 aliphatic carbocycles. The van der Waals surface area contributed by atoms with Crippen molar-refractivity contribution < 1.29 is 18.7 Å². The lowest BCUT2D eigenvalue weighted by Gasteiger charge is -2.31. The quantitative estimate of drug-likeness (QED) is 0.748. The molecule has 2 rings (SSSR count). The number of nitrogens with zero attached hydrogens (tertiary/aromatic N) is 1. The average molecular weight is 299 g/mol. The Bertz CT molecular complexity index is 494. The minimum Gasteiger partial charge on any atom is -0.503 e. The number of phenols is 1. The van der Waals surface area contributed by atoms with Gasteiger partial charge in [-0.1, -0.05) is 0 Å². The molecule has 1 heterocycles. The van der Waals surface area contributed by atoms with Crippen LogP contribution in [-0.2, 0) is 11.3 Å². The maximum atomic E-state index is 13.2. The highest BCUT2D eigenvalue weighted by molar-refractivity contribution is 5.75. The number of carbonyl (C=O) groups is 1. The maximum Gasteiger partial charge on any atom is 0.231 e. The lowest BCUT2D eigenvalue weighted by Crippen LogP contribution is -2.45. The zero-order chi connectivity index (χ0) is 15.4.